The topological polar surface area (TPSA) is 6.48 Å². The molecule has 0 aromatic rings. The molecule has 0 aromatic heterocycles. The monoisotopic (exact) mass is 270 g/mol. The summed E-state index contributed by atoms with van der Waals surface area (Å²) < 4.78 is 0. The molecular weight excluding hydrogens is 240 g/mol. The highest BCUT2D eigenvalue weighted by molar-refractivity contribution is 7.80. The summed E-state index contributed by atoms with van der Waals surface area (Å²) in [5, 5.41) is 0. The molecule has 1 saturated heterocycles. The standard InChI is InChI=1S/C15H30N2S/c1-14(2)17-10-8-16(9-11-17)12-15(13-18)6-4-3-5-7-15/h14,18H,3-13H2,1-2H3. The number of hydrogen-bond donors (Lipinski definition) is 1. The Bertz CT molecular complexity index is 241. The van der Waals surface area contributed by atoms with Crippen LogP contribution in [0.1, 0.15) is 46.0 Å². The van der Waals surface area contributed by atoms with Gasteiger partial charge >= 0.3 is 0 Å². The normalized spacial score (nSPS) is 26.7. The van der Waals surface area contributed by atoms with Gasteiger partial charge in [-0.05, 0) is 37.9 Å². The maximum Gasteiger partial charge on any atom is 0.0113 e. The van der Waals surface area contributed by atoms with E-state index in [2.05, 4.69) is 36.3 Å². The second-order valence-corrected chi connectivity index (χ2v) is 6.94. The van der Waals surface area contributed by atoms with Crippen LogP contribution in [-0.2, 0) is 0 Å². The molecule has 0 radical (unpaired) electrons. The van der Waals surface area contributed by atoms with Crippen LogP contribution >= 0.6 is 12.6 Å². The van der Waals surface area contributed by atoms with E-state index < -0.39 is 0 Å². The summed E-state index contributed by atoms with van der Waals surface area (Å²) in [7, 11) is 0. The van der Waals surface area contributed by atoms with Crippen molar-refractivity contribution in [1.29, 1.82) is 0 Å². The lowest BCUT2D eigenvalue weighted by Crippen LogP contribution is -2.52. The Balaban J connectivity index is 1.82. The molecule has 0 unspecified atom stereocenters. The van der Waals surface area contributed by atoms with Crippen molar-refractivity contribution in [3.05, 3.63) is 0 Å². The molecule has 0 spiro atoms. The average Bonchev–Trinajstić information content (AvgIpc) is 2.40. The summed E-state index contributed by atoms with van der Waals surface area (Å²) >= 11 is 4.66. The van der Waals surface area contributed by atoms with Crippen LogP contribution in [0.2, 0.25) is 0 Å². The molecule has 1 aliphatic heterocycles. The fourth-order valence-electron chi connectivity index (χ4n) is 3.58. The van der Waals surface area contributed by atoms with Gasteiger partial charge in [0.05, 0.1) is 0 Å². The van der Waals surface area contributed by atoms with Crippen LogP contribution in [0.3, 0.4) is 0 Å². The average molecular weight is 270 g/mol. The van der Waals surface area contributed by atoms with Crippen molar-refractivity contribution in [3.8, 4) is 0 Å². The summed E-state index contributed by atoms with van der Waals surface area (Å²) in [6.07, 6.45) is 7.09. The maximum absolute atomic E-state index is 4.66. The quantitative estimate of drug-likeness (QED) is 0.785. The van der Waals surface area contributed by atoms with Gasteiger partial charge in [-0.1, -0.05) is 19.3 Å². The molecule has 0 aromatic carbocycles. The van der Waals surface area contributed by atoms with E-state index in [9.17, 15) is 0 Å². The van der Waals surface area contributed by atoms with Gasteiger partial charge in [0.2, 0.25) is 0 Å². The lowest BCUT2D eigenvalue weighted by atomic mass is 9.75. The third-order valence-electron chi connectivity index (χ3n) is 4.95. The first-order valence-corrected chi connectivity index (χ1v) is 8.36. The molecule has 2 aliphatic rings. The molecule has 106 valence electrons. The Hall–Kier alpha value is 0.270. The van der Waals surface area contributed by atoms with Crippen molar-refractivity contribution < 1.29 is 0 Å². The second kappa shape index (κ2) is 6.62. The Labute approximate surface area is 119 Å². The molecular formula is C15H30N2S. The summed E-state index contributed by atoms with van der Waals surface area (Å²) in [6, 6.07) is 0.709. The molecule has 0 bridgehead atoms. The van der Waals surface area contributed by atoms with Crippen LogP contribution in [0.5, 0.6) is 0 Å². The fraction of sp³-hybridized carbons (Fsp3) is 1.00. The van der Waals surface area contributed by atoms with Gasteiger partial charge in [-0.15, -0.1) is 0 Å². The Morgan fingerprint density at radius 2 is 1.61 bits per heavy atom. The van der Waals surface area contributed by atoms with Crippen LogP contribution in [0.15, 0.2) is 0 Å². The second-order valence-electron chi connectivity index (χ2n) is 6.62. The predicted molar refractivity (Wildman–Crippen MR) is 82.5 cm³/mol. The van der Waals surface area contributed by atoms with Crippen LogP contribution in [0.25, 0.3) is 0 Å². The molecule has 0 amide bonds. The van der Waals surface area contributed by atoms with Crippen molar-refractivity contribution in [2.24, 2.45) is 5.41 Å². The van der Waals surface area contributed by atoms with E-state index in [4.69, 9.17) is 0 Å². The first-order valence-electron chi connectivity index (χ1n) is 7.72. The zero-order valence-corrected chi connectivity index (χ0v) is 13.1. The van der Waals surface area contributed by atoms with Gasteiger partial charge in [0.15, 0.2) is 0 Å². The van der Waals surface area contributed by atoms with Crippen molar-refractivity contribution in [1.82, 2.24) is 9.80 Å². The van der Waals surface area contributed by atoms with Gasteiger partial charge < -0.3 is 4.90 Å². The van der Waals surface area contributed by atoms with Gasteiger partial charge in [-0.2, -0.15) is 12.6 Å². The molecule has 3 heteroatoms. The highest BCUT2D eigenvalue weighted by Gasteiger charge is 2.33. The number of hydrogen-bond acceptors (Lipinski definition) is 3. The molecule has 2 rings (SSSR count). The van der Waals surface area contributed by atoms with E-state index in [0.29, 0.717) is 11.5 Å². The Morgan fingerprint density at radius 3 is 2.11 bits per heavy atom. The van der Waals surface area contributed by atoms with E-state index in [1.807, 2.05) is 0 Å². The molecule has 2 nitrogen and oxygen atoms in total. The number of nitrogens with zero attached hydrogens (tertiary/aromatic N) is 2. The minimum atomic E-state index is 0.529. The number of piperazine rings is 1. The zero-order valence-electron chi connectivity index (χ0n) is 12.2. The van der Waals surface area contributed by atoms with Crippen LogP contribution in [0.4, 0.5) is 0 Å². The molecule has 1 heterocycles. The Kier molecular flexibility index (Phi) is 5.40. The molecule has 1 aliphatic carbocycles. The smallest absolute Gasteiger partial charge is 0.0113 e. The summed E-state index contributed by atoms with van der Waals surface area (Å²) in [5.41, 5.74) is 0.529. The van der Waals surface area contributed by atoms with E-state index in [1.165, 1.54) is 64.8 Å². The molecule has 0 N–H and O–H groups in total. The van der Waals surface area contributed by atoms with Crippen molar-refractivity contribution in [2.45, 2.75) is 52.0 Å². The van der Waals surface area contributed by atoms with Gasteiger partial charge in [-0.25, -0.2) is 0 Å². The maximum atomic E-state index is 4.66. The van der Waals surface area contributed by atoms with E-state index in [1.54, 1.807) is 0 Å². The third kappa shape index (κ3) is 3.64. The van der Waals surface area contributed by atoms with Crippen molar-refractivity contribution >= 4 is 12.6 Å². The van der Waals surface area contributed by atoms with E-state index in [-0.39, 0.29) is 0 Å². The molecule has 0 atom stereocenters. The fourth-order valence-corrected chi connectivity index (χ4v) is 4.00. The van der Waals surface area contributed by atoms with Gasteiger partial charge in [0, 0.05) is 38.8 Å². The molecule has 2 fully saturated rings. The summed E-state index contributed by atoms with van der Waals surface area (Å²) in [5.74, 6) is 1.08. The van der Waals surface area contributed by atoms with Crippen molar-refractivity contribution in [2.75, 3.05) is 38.5 Å². The summed E-state index contributed by atoms with van der Waals surface area (Å²) in [6.45, 7) is 10.9. The van der Waals surface area contributed by atoms with Gasteiger partial charge in [-0.3, -0.25) is 4.90 Å². The van der Waals surface area contributed by atoms with E-state index in [0.717, 1.165) is 5.75 Å². The van der Waals surface area contributed by atoms with Crippen LogP contribution in [0, 0.1) is 5.41 Å². The molecule has 18 heavy (non-hydrogen) atoms. The van der Waals surface area contributed by atoms with Crippen LogP contribution < -0.4 is 0 Å². The first kappa shape index (κ1) is 14.7. The minimum Gasteiger partial charge on any atom is -0.300 e. The predicted octanol–water partition coefficient (Wildman–Crippen LogP) is 2.89. The van der Waals surface area contributed by atoms with Gasteiger partial charge in [0.1, 0.15) is 0 Å². The first-order chi connectivity index (χ1) is 8.65. The van der Waals surface area contributed by atoms with Gasteiger partial charge in [0.25, 0.3) is 0 Å². The van der Waals surface area contributed by atoms with Crippen LogP contribution in [-0.4, -0.2) is 54.3 Å². The molecule has 1 saturated carbocycles. The SMILES string of the molecule is CC(C)N1CCN(CC2(CS)CCCCC2)CC1. The highest BCUT2D eigenvalue weighted by Crippen LogP contribution is 2.38. The number of thiol groups is 1. The highest BCUT2D eigenvalue weighted by atomic mass is 32.1. The lowest BCUT2D eigenvalue weighted by Gasteiger charge is -2.44. The summed E-state index contributed by atoms with van der Waals surface area (Å²) in [4.78, 5) is 5.30. The number of rotatable bonds is 4. The van der Waals surface area contributed by atoms with Crippen molar-refractivity contribution in [3.63, 3.8) is 0 Å². The third-order valence-corrected chi connectivity index (χ3v) is 5.62. The zero-order chi connectivity index (χ0) is 13.0. The lowest BCUT2D eigenvalue weighted by molar-refractivity contribution is 0.0631. The van der Waals surface area contributed by atoms with E-state index >= 15 is 0 Å². The Morgan fingerprint density at radius 1 is 1.00 bits per heavy atom. The minimum absolute atomic E-state index is 0.529. The largest absolute Gasteiger partial charge is 0.300 e.